The zero-order chi connectivity index (χ0) is 8.69. The highest BCUT2D eigenvalue weighted by atomic mass is 35.5. The van der Waals surface area contributed by atoms with Crippen molar-refractivity contribution < 1.29 is 14.9 Å². The highest BCUT2D eigenvalue weighted by Gasteiger charge is 2.09. The van der Waals surface area contributed by atoms with Crippen molar-refractivity contribution in [3.63, 3.8) is 0 Å². The SMILES string of the molecule is CC(Cl)C(O)OCC#CCO. The summed E-state index contributed by atoms with van der Waals surface area (Å²) in [5.74, 6) is 4.85. The Labute approximate surface area is 70.9 Å². The predicted molar refractivity (Wildman–Crippen MR) is 42.1 cm³/mol. The third kappa shape index (κ3) is 6.14. The van der Waals surface area contributed by atoms with Gasteiger partial charge in [0.25, 0.3) is 0 Å². The number of hydrogen-bond donors (Lipinski definition) is 2. The molecular weight excluding hydrogens is 168 g/mol. The minimum Gasteiger partial charge on any atom is -0.384 e. The van der Waals surface area contributed by atoms with Crippen molar-refractivity contribution in [2.75, 3.05) is 13.2 Å². The Morgan fingerprint density at radius 1 is 1.55 bits per heavy atom. The number of alkyl halides is 1. The van der Waals surface area contributed by atoms with Crippen LogP contribution in [0.2, 0.25) is 0 Å². The monoisotopic (exact) mass is 178 g/mol. The molecule has 0 spiro atoms. The Morgan fingerprint density at radius 3 is 2.64 bits per heavy atom. The lowest BCUT2D eigenvalue weighted by molar-refractivity contribution is -0.0851. The number of rotatable bonds is 3. The molecule has 2 atom stereocenters. The molecule has 11 heavy (non-hydrogen) atoms. The van der Waals surface area contributed by atoms with Crippen molar-refractivity contribution in [1.82, 2.24) is 0 Å². The molecule has 0 aliphatic heterocycles. The molecule has 0 aromatic rings. The molecule has 2 unspecified atom stereocenters. The van der Waals surface area contributed by atoms with E-state index in [-0.39, 0.29) is 13.2 Å². The molecular formula is C7H11ClO3. The highest BCUT2D eigenvalue weighted by molar-refractivity contribution is 6.20. The van der Waals surface area contributed by atoms with Gasteiger partial charge >= 0.3 is 0 Å². The van der Waals surface area contributed by atoms with E-state index in [1.807, 2.05) is 0 Å². The van der Waals surface area contributed by atoms with E-state index in [4.69, 9.17) is 26.6 Å². The van der Waals surface area contributed by atoms with Crippen LogP contribution in [-0.4, -0.2) is 35.1 Å². The first-order valence-electron chi connectivity index (χ1n) is 3.18. The van der Waals surface area contributed by atoms with E-state index in [2.05, 4.69) is 11.8 Å². The minimum atomic E-state index is -0.996. The van der Waals surface area contributed by atoms with Crippen molar-refractivity contribution >= 4 is 11.6 Å². The lowest BCUT2D eigenvalue weighted by Crippen LogP contribution is -2.21. The molecule has 2 N–H and O–H groups in total. The van der Waals surface area contributed by atoms with Gasteiger partial charge in [-0.15, -0.1) is 11.6 Å². The second-order valence-corrected chi connectivity index (χ2v) is 2.58. The average molecular weight is 179 g/mol. The lowest BCUT2D eigenvalue weighted by atomic mass is 10.5. The van der Waals surface area contributed by atoms with E-state index >= 15 is 0 Å². The standard InChI is InChI=1S/C7H11ClO3/c1-6(8)7(10)11-5-3-2-4-9/h6-7,9-10H,4-5H2,1H3. The van der Waals surface area contributed by atoms with Gasteiger partial charge in [0.05, 0.1) is 5.38 Å². The first-order valence-corrected chi connectivity index (χ1v) is 3.62. The molecule has 64 valence electrons. The Kier molecular flexibility index (Phi) is 6.28. The molecule has 0 amide bonds. The van der Waals surface area contributed by atoms with Crippen LogP contribution in [0.25, 0.3) is 0 Å². The van der Waals surface area contributed by atoms with Crippen LogP contribution < -0.4 is 0 Å². The highest BCUT2D eigenvalue weighted by Crippen LogP contribution is 2.01. The van der Waals surface area contributed by atoms with Gasteiger partial charge in [-0.3, -0.25) is 0 Å². The third-order valence-electron chi connectivity index (χ3n) is 0.923. The number of halogens is 1. The molecule has 0 bridgehead atoms. The molecule has 0 fully saturated rings. The fourth-order valence-corrected chi connectivity index (χ4v) is 0.439. The first kappa shape index (κ1) is 10.7. The Balaban J connectivity index is 3.38. The number of hydrogen-bond acceptors (Lipinski definition) is 3. The van der Waals surface area contributed by atoms with E-state index in [9.17, 15) is 0 Å². The van der Waals surface area contributed by atoms with Crippen molar-refractivity contribution in [2.24, 2.45) is 0 Å². The number of aliphatic hydroxyl groups is 2. The fourth-order valence-electron chi connectivity index (χ4n) is 0.367. The quantitative estimate of drug-likeness (QED) is 0.362. The van der Waals surface area contributed by atoms with Crippen molar-refractivity contribution in [3.05, 3.63) is 0 Å². The molecule has 0 heterocycles. The predicted octanol–water partition coefficient (Wildman–Crippen LogP) is -0.0556. The zero-order valence-corrected chi connectivity index (χ0v) is 7.01. The van der Waals surface area contributed by atoms with Gasteiger partial charge in [-0.2, -0.15) is 0 Å². The smallest absolute Gasteiger partial charge is 0.171 e. The molecule has 0 aliphatic carbocycles. The van der Waals surface area contributed by atoms with Crippen LogP contribution in [0.5, 0.6) is 0 Å². The van der Waals surface area contributed by atoms with Gasteiger partial charge in [-0.1, -0.05) is 11.8 Å². The topological polar surface area (TPSA) is 49.7 Å². The van der Waals surface area contributed by atoms with Crippen molar-refractivity contribution in [1.29, 1.82) is 0 Å². The van der Waals surface area contributed by atoms with Gasteiger partial charge in [0.1, 0.15) is 13.2 Å². The van der Waals surface area contributed by atoms with Crippen LogP contribution in [-0.2, 0) is 4.74 Å². The van der Waals surface area contributed by atoms with Gasteiger partial charge in [-0.25, -0.2) is 0 Å². The second kappa shape index (κ2) is 6.44. The summed E-state index contributed by atoms with van der Waals surface area (Å²) in [7, 11) is 0. The zero-order valence-electron chi connectivity index (χ0n) is 6.25. The van der Waals surface area contributed by atoms with Gasteiger partial charge < -0.3 is 14.9 Å². The van der Waals surface area contributed by atoms with Crippen LogP contribution in [0.15, 0.2) is 0 Å². The molecule has 0 rings (SSSR count). The second-order valence-electron chi connectivity index (χ2n) is 1.89. The van der Waals surface area contributed by atoms with Gasteiger partial charge in [0, 0.05) is 0 Å². The maximum atomic E-state index is 8.94. The van der Waals surface area contributed by atoms with E-state index in [0.717, 1.165) is 0 Å². The van der Waals surface area contributed by atoms with Crippen LogP contribution in [0.3, 0.4) is 0 Å². The normalized spacial score (nSPS) is 14.9. The summed E-state index contributed by atoms with van der Waals surface area (Å²) in [4.78, 5) is 0. The summed E-state index contributed by atoms with van der Waals surface area (Å²) in [5.41, 5.74) is 0. The van der Waals surface area contributed by atoms with Crippen LogP contribution in [0, 0.1) is 11.8 Å². The third-order valence-corrected chi connectivity index (χ3v) is 1.14. The maximum Gasteiger partial charge on any atom is 0.171 e. The van der Waals surface area contributed by atoms with Crippen LogP contribution >= 0.6 is 11.6 Å². The Hall–Kier alpha value is -0.270. The molecule has 0 aromatic heterocycles. The summed E-state index contributed by atoms with van der Waals surface area (Å²) < 4.78 is 4.74. The van der Waals surface area contributed by atoms with Gasteiger partial charge in [-0.05, 0) is 6.92 Å². The van der Waals surface area contributed by atoms with E-state index in [0.29, 0.717) is 0 Å². The largest absolute Gasteiger partial charge is 0.384 e. The minimum absolute atomic E-state index is 0.0821. The molecule has 0 saturated carbocycles. The van der Waals surface area contributed by atoms with E-state index in [1.54, 1.807) is 6.92 Å². The molecule has 3 nitrogen and oxygen atoms in total. The van der Waals surface area contributed by atoms with E-state index < -0.39 is 11.7 Å². The Bertz CT molecular complexity index is 148. The van der Waals surface area contributed by atoms with Crippen molar-refractivity contribution in [2.45, 2.75) is 18.6 Å². The molecule has 0 saturated heterocycles. The van der Waals surface area contributed by atoms with Crippen LogP contribution in [0.1, 0.15) is 6.92 Å². The number of ether oxygens (including phenoxy) is 1. The van der Waals surface area contributed by atoms with Crippen molar-refractivity contribution in [3.8, 4) is 11.8 Å². The molecule has 0 aromatic carbocycles. The van der Waals surface area contributed by atoms with Crippen LogP contribution in [0.4, 0.5) is 0 Å². The summed E-state index contributed by atoms with van der Waals surface area (Å²) in [6.07, 6.45) is -0.996. The summed E-state index contributed by atoms with van der Waals surface area (Å²) in [6.45, 7) is 1.50. The molecule has 0 radical (unpaired) electrons. The summed E-state index contributed by atoms with van der Waals surface area (Å²) in [6, 6.07) is 0. The summed E-state index contributed by atoms with van der Waals surface area (Å²) >= 11 is 5.47. The maximum absolute atomic E-state index is 8.94. The molecule has 4 heteroatoms. The summed E-state index contributed by atoms with van der Waals surface area (Å²) in [5, 5.41) is 16.7. The van der Waals surface area contributed by atoms with E-state index in [1.165, 1.54) is 0 Å². The number of aliphatic hydroxyl groups excluding tert-OH is 2. The average Bonchev–Trinajstić information content (AvgIpc) is 1.97. The fraction of sp³-hybridized carbons (Fsp3) is 0.714. The lowest BCUT2D eigenvalue weighted by Gasteiger charge is -2.10. The van der Waals surface area contributed by atoms with Gasteiger partial charge in [0.2, 0.25) is 0 Å². The Morgan fingerprint density at radius 2 is 2.18 bits per heavy atom. The first-order chi connectivity index (χ1) is 5.18. The van der Waals surface area contributed by atoms with Gasteiger partial charge in [0.15, 0.2) is 6.29 Å². The molecule has 0 aliphatic rings.